The summed E-state index contributed by atoms with van der Waals surface area (Å²) < 4.78 is 0. The quantitative estimate of drug-likeness (QED) is 0.491. The Labute approximate surface area is 121 Å². The van der Waals surface area contributed by atoms with Crippen molar-refractivity contribution in [2.75, 3.05) is 11.9 Å². The van der Waals surface area contributed by atoms with Gasteiger partial charge in [0.1, 0.15) is 12.0 Å². The van der Waals surface area contributed by atoms with Gasteiger partial charge in [0.05, 0.1) is 10.5 Å². The minimum atomic E-state index is -0.633. The number of rotatable bonds is 7. The number of carbonyl (C=O) groups is 2. The maximum Gasteiger partial charge on any atom is 0.288 e. The Balaban J connectivity index is 3.01. The predicted molar refractivity (Wildman–Crippen MR) is 75.8 cm³/mol. The number of nitro groups is 1. The Morgan fingerprint density at radius 3 is 2.71 bits per heavy atom. The first-order valence-corrected chi connectivity index (χ1v) is 6.32. The highest BCUT2D eigenvalue weighted by atomic mass is 16.6. The smallest absolute Gasteiger partial charge is 0.288 e. The first-order chi connectivity index (χ1) is 9.85. The molecule has 0 radical (unpaired) electrons. The zero-order valence-electron chi connectivity index (χ0n) is 11.8. The van der Waals surface area contributed by atoms with E-state index >= 15 is 0 Å². The van der Waals surface area contributed by atoms with Crippen molar-refractivity contribution in [2.24, 2.45) is 5.73 Å². The van der Waals surface area contributed by atoms with Crippen LogP contribution in [0, 0.1) is 10.1 Å². The van der Waals surface area contributed by atoms with Crippen LogP contribution in [0.15, 0.2) is 12.3 Å². The van der Waals surface area contributed by atoms with E-state index < -0.39 is 22.8 Å². The van der Waals surface area contributed by atoms with Crippen LogP contribution >= 0.6 is 0 Å². The van der Waals surface area contributed by atoms with Crippen molar-refractivity contribution in [3.8, 4) is 0 Å². The number of hydrogen-bond acceptors (Lipinski definition) is 6. The highest BCUT2D eigenvalue weighted by molar-refractivity contribution is 5.99. The lowest BCUT2D eigenvalue weighted by Crippen LogP contribution is -2.36. The van der Waals surface area contributed by atoms with Gasteiger partial charge in [-0.1, -0.05) is 0 Å². The van der Waals surface area contributed by atoms with E-state index in [1.807, 2.05) is 0 Å². The first kappa shape index (κ1) is 16.3. The molecule has 0 bridgehead atoms. The Morgan fingerprint density at radius 2 is 2.19 bits per heavy atom. The summed E-state index contributed by atoms with van der Waals surface area (Å²) in [5.41, 5.74) is 4.80. The topological polar surface area (TPSA) is 140 Å². The number of primary amides is 1. The van der Waals surface area contributed by atoms with Crippen LogP contribution in [0.4, 0.5) is 11.5 Å². The minimum absolute atomic E-state index is 0.0232. The van der Waals surface area contributed by atoms with Crippen LogP contribution in [0.1, 0.15) is 30.6 Å². The van der Waals surface area contributed by atoms with E-state index in [9.17, 15) is 19.7 Å². The molecule has 114 valence electrons. The molecule has 1 aromatic heterocycles. The molecule has 1 rings (SSSR count). The lowest BCUT2D eigenvalue weighted by molar-refractivity contribution is -0.385. The molecule has 1 aromatic rings. The number of nitrogens with one attached hydrogen (secondary N) is 2. The lowest BCUT2D eigenvalue weighted by Gasteiger charge is -2.14. The van der Waals surface area contributed by atoms with Crippen molar-refractivity contribution in [1.82, 2.24) is 10.3 Å². The van der Waals surface area contributed by atoms with Crippen LogP contribution < -0.4 is 16.4 Å². The van der Waals surface area contributed by atoms with Crippen LogP contribution in [0.25, 0.3) is 0 Å². The molecule has 0 aliphatic carbocycles. The summed E-state index contributed by atoms with van der Waals surface area (Å²) in [5.74, 6) is -0.866. The zero-order chi connectivity index (χ0) is 16.0. The monoisotopic (exact) mass is 295 g/mol. The molecule has 1 unspecified atom stereocenters. The number of hydrogen-bond donors (Lipinski definition) is 3. The molecule has 0 saturated carbocycles. The summed E-state index contributed by atoms with van der Waals surface area (Å²) in [6, 6.07) is 0.654. The van der Waals surface area contributed by atoms with Gasteiger partial charge in [0.2, 0.25) is 5.91 Å². The number of nitrogens with two attached hydrogens (primary N) is 1. The van der Waals surface area contributed by atoms with Crippen LogP contribution in [0.2, 0.25) is 0 Å². The second-order valence-electron chi connectivity index (χ2n) is 4.42. The number of amides is 2. The lowest BCUT2D eigenvalue weighted by atomic mass is 10.1. The van der Waals surface area contributed by atoms with Crippen LogP contribution in [-0.2, 0) is 4.79 Å². The van der Waals surface area contributed by atoms with Gasteiger partial charge in [-0.05, 0) is 13.8 Å². The SMILES string of the molecule is CCNc1ncc([N+](=O)[O-])cc1C(=O)NC(C)CC(N)=O. The second kappa shape index (κ2) is 7.17. The highest BCUT2D eigenvalue weighted by Gasteiger charge is 2.19. The Hall–Kier alpha value is -2.71. The van der Waals surface area contributed by atoms with E-state index in [1.54, 1.807) is 13.8 Å². The molecule has 21 heavy (non-hydrogen) atoms. The molecule has 4 N–H and O–H groups in total. The number of carbonyl (C=O) groups excluding carboxylic acids is 2. The fourth-order valence-electron chi connectivity index (χ4n) is 1.69. The van der Waals surface area contributed by atoms with Gasteiger partial charge in [-0.15, -0.1) is 0 Å². The molecule has 0 aromatic carbocycles. The summed E-state index contributed by atoms with van der Waals surface area (Å²) >= 11 is 0. The number of anilines is 1. The average Bonchev–Trinajstić information content (AvgIpc) is 2.37. The van der Waals surface area contributed by atoms with Gasteiger partial charge >= 0.3 is 0 Å². The van der Waals surface area contributed by atoms with E-state index in [2.05, 4.69) is 15.6 Å². The Morgan fingerprint density at radius 1 is 1.52 bits per heavy atom. The average molecular weight is 295 g/mol. The van der Waals surface area contributed by atoms with E-state index in [-0.39, 0.29) is 23.5 Å². The van der Waals surface area contributed by atoms with Crippen LogP contribution in [-0.4, -0.2) is 34.3 Å². The standard InChI is InChI=1S/C12H17N5O4/c1-3-14-11-9(5-8(6-15-11)17(20)21)12(19)16-7(2)4-10(13)18/h5-7H,3-4H2,1-2H3,(H2,13,18)(H,14,15)(H,16,19). The molecule has 1 atom stereocenters. The molecule has 0 saturated heterocycles. The maximum atomic E-state index is 12.1. The van der Waals surface area contributed by atoms with Gasteiger partial charge < -0.3 is 16.4 Å². The molecule has 0 fully saturated rings. The van der Waals surface area contributed by atoms with E-state index in [1.165, 1.54) is 0 Å². The van der Waals surface area contributed by atoms with E-state index in [0.29, 0.717) is 6.54 Å². The third-order valence-electron chi connectivity index (χ3n) is 2.56. The highest BCUT2D eigenvalue weighted by Crippen LogP contribution is 2.19. The van der Waals surface area contributed by atoms with Crippen molar-refractivity contribution in [1.29, 1.82) is 0 Å². The largest absolute Gasteiger partial charge is 0.370 e. The zero-order valence-corrected chi connectivity index (χ0v) is 11.8. The first-order valence-electron chi connectivity index (χ1n) is 6.32. The maximum absolute atomic E-state index is 12.1. The number of pyridine rings is 1. The minimum Gasteiger partial charge on any atom is -0.370 e. The summed E-state index contributed by atoms with van der Waals surface area (Å²) in [5, 5.41) is 16.2. The van der Waals surface area contributed by atoms with Crippen molar-refractivity contribution >= 4 is 23.3 Å². The van der Waals surface area contributed by atoms with Crippen LogP contribution in [0.5, 0.6) is 0 Å². The molecule has 9 nitrogen and oxygen atoms in total. The van der Waals surface area contributed by atoms with Gasteiger partial charge in [0.15, 0.2) is 0 Å². The van der Waals surface area contributed by atoms with Gasteiger partial charge in [-0.2, -0.15) is 0 Å². The van der Waals surface area contributed by atoms with Crippen molar-refractivity contribution in [3.63, 3.8) is 0 Å². The summed E-state index contributed by atoms with van der Waals surface area (Å²) in [6.45, 7) is 3.92. The van der Waals surface area contributed by atoms with Gasteiger partial charge in [0.25, 0.3) is 11.6 Å². The van der Waals surface area contributed by atoms with Crippen LogP contribution in [0.3, 0.4) is 0 Å². The summed E-state index contributed by atoms with van der Waals surface area (Å²) in [4.78, 5) is 36.9. The van der Waals surface area contributed by atoms with Crippen molar-refractivity contribution in [2.45, 2.75) is 26.3 Å². The predicted octanol–water partition coefficient (Wildman–Crippen LogP) is 0.415. The fourth-order valence-corrected chi connectivity index (χ4v) is 1.69. The van der Waals surface area contributed by atoms with Gasteiger partial charge in [-0.3, -0.25) is 19.7 Å². The summed E-state index contributed by atoms with van der Waals surface area (Å²) in [6.07, 6.45) is 1.05. The van der Waals surface area contributed by atoms with Crippen molar-refractivity contribution in [3.05, 3.63) is 27.9 Å². The number of nitrogens with zero attached hydrogens (tertiary/aromatic N) is 2. The fraction of sp³-hybridized carbons (Fsp3) is 0.417. The molecule has 2 amide bonds. The molecule has 0 spiro atoms. The molecule has 1 heterocycles. The van der Waals surface area contributed by atoms with Crippen molar-refractivity contribution < 1.29 is 14.5 Å². The third kappa shape index (κ3) is 4.71. The molecule has 0 aliphatic rings. The Bertz CT molecular complexity index is 561. The van der Waals surface area contributed by atoms with E-state index in [0.717, 1.165) is 12.3 Å². The van der Waals surface area contributed by atoms with Gasteiger partial charge in [-0.25, -0.2) is 4.98 Å². The molecular weight excluding hydrogens is 278 g/mol. The normalized spacial score (nSPS) is 11.5. The number of aromatic nitrogens is 1. The third-order valence-corrected chi connectivity index (χ3v) is 2.56. The molecular formula is C12H17N5O4. The Kier molecular flexibility index (Phi) is 5.58. The second-order valence-corrected chi connectivity index (χ2v) is 4.42. The van der Waals surface area contributed by atoms with E-state index in [4.69, 9.17) is 5.73 Å². The molecule has 9 heteroatoms. The molecule has 0 aliphatic heterocycles. The van der Waals surface area contributed by atoms with Gasteiger partial charge in [0, 0.05) is 25.1 Å². The summed E-state index contributed by atoms with van der Waals surface area (Å²) in [7, 11) is 0.